The second-order valence-electron chi connectivity index (χ2n) is 8.01. The number of allylic oxidation sites excluding steroid dienone is 8. The van der Waals surface area contributed by atoms with E-state index in [0.29, 0.717) is 0 Å². The maximum absolute atomic E-state index is 6.48. The third-order valence-corrected chi connectivity index (χ3v) is 5.81. The summed E-state index contributed by atoms with van der Waals surface area (Å²) < 4.78 is 6.48. The molecule has 0 fully saturated rings. The molecule has 0 saturated carbocycles. The molecule has 33 heavy (non-hydrogen) atoms. The Bertz CT molecular complexity index is 1290. The van der Waals surface area contributed by atoms with Crippen LogP contribution in [0.3, 0.4) is 0 Å². The molecule has 160 valence electrons. The molecule has 1 aliphatic heterocycles. The van der Waals surface area contributed by atoms with E-state index >= 15 is 0 Å². The molecule has 2 nitrogen and oxygen atoms in total. The molecule has 3 aromatic rings. The third-order valence-electron chi connectivity index (χ3n) is 5.81. The second-order valence-corrected chi connectivity index (χ2v) is 8.01. The van der Waals surface area contributed by atoms with Gasteiger partial charge in [-0.3, -0.25) is 0 Å². The summed E-state index contributed by atoms with van der Waals surface area (Å²) in [5, 5.41) is 0. The van der Waals surface area contributed by atoms with Gasteiger partial charge in [0.25, 0.3) is 0 Å². The number of hydrogen-bond donors (Lipinski definition) is 1. The third kappa shape index (κ3) is 4.86. The van der Waals surface area contributed by atoms with Gasteiger partial charge in [-0.2, -0.15) is 0 Å². The highest BCUT2D eigenvalue weighted by molar-refractivity contribution is 5.89. The summed E-state index contributed by atoms with van der Waals surface area (Å²) in [5.74, 6) is 1.91. The SMILES string of the molecule is C(/C=C/C=C/C1=C2OC(c3ccccc3)=CC(c3ccccc3)=C2CC1)=[NH+]c1ccccc1. The van der Waals surface area contributed by atoms with Crippen molar-refractivity contribution in [2.75, 3.05) is 0 Å². The van der Waals surface area contributed by atoms with Gasteiger partial charge in [-0.05, 0) is 35.6 Å². The molecule has 1 heterocycles. The fraction of sp³-hybridized carbons (Fsp3) is 0.0645. The van der Waals surface area contributed by atoms with Crippen molar-refractivity contribution in [1.82, 2.24) is 0 Å². The molecule has 2 heteroatoms. The van der Waals surface area contributed by atoms with Gasteiger partial charge in [0.2, 0.25) is 5.69 Å². The van der Waals surface area contributed by atoms with Crippen LogP contribution in [-0.4, -0.2) is 6.21 Å². The standard InChI is InChI=1S/C31H25NO/c1-5-13-24(14-6-1)29-23-30(25-15-7-2-8-16-25)33-31-26(20-21-28(29)31)17-9-4-12-22-32-27-18-10-3-11-19-27/h1-19,22-23H,20-21H2/p+1/b12-4+,17-9+,32-22?. The molecule has 1 aliphatic carbocycles. The number of nitrogens with one attached hydrogen (secondary N) is 1. The lowest BCUT2D eigenvalue weighted by Crippen LogP contribution is -2.60. The van der Waals surface area contributed by atoms with E-state index in [1.807, 2.05) is 54.8 Å². The molecule has 3 aromatic carbocycles. The van der Waals surface area contributed by atoms with E-state index in [1.54, 1.807) is 0 Å². The highest BCUT2D eigenvalue weighted by Crippen LogP contribution is 2.44. The van der Waals surface area contributed by atoms with Crippen molar-refractivity contribution in [3.05, 3.63) is 149 Å². The maximum Gasteiger partial charge on any atom is 0.203 e. The van der Waals surface area contributed by atoms with Gasteiger partial charge in [0.15, 0.2) is 6.21 Å². The van der Waals surface area contributed by atoms with Gasteiger partial charge in [-0.25, -0.2) is 4.99 Å². The molecule has 0 bridgehead atoms. The second kappa shape index (κ2) is 9.97. The lowest BCUT2D eigenvalue weighted by Gasteiger charge is -2.22. The number of benzene rings is 3. The smallest absolute Gasteiger partial charge is 0.203 e. The normalized spacial score (nSPS) is 16.1. The van der Waals surface area contributed by atoms with Crippen LogP contribution < -0.4 is 4.99 Å². The van der Waals surface area contributed by atoms with Crippen LogP contribution in [0.5, 0.6) is 0 Å². The molecule has 0 spiro atoms. The molecular weight excluding hydrogens is 402 g/mol. The van der Waals surface area contributed by atoms with Crippen molar-refractivity contribution < 1.29 is 9.73 Å². The first-order chi connectivity index (χ1) is 16.4. The van der Waals surface area contributed by atoms with Gasteiger partial charge in [-0.15, -0.1) is 0 Å². The van der Waals surface area contributed by atoms with Crippen LogP contribution in [-0.2, 0) is 4.74 Å². The molecule has 0 saturated heterocycles. The predicted molar refractivity (Wildman–Crippen MR) is 137 cm³/mol. The van der Waals surface area contributed by atoms with Crippen LogP contribution in [0.1, 0.15) is 24.0 Å². The molecule has 5 rings (SSSR count). The summed E-state index contributed by atoms with van der Waals surface area (Å²) in [6.07, 6.45) is 14.4. The van der Waals surface area contributed by atoms with Gasteiger partial charge in [0.05, 0.1) is 0 Å². The molecule has 0 radical (unpaired) electrons. The van der Waals surface area contributed by atoms with Crippen molar-refractivity contribution in [1.29, 1.82) is 0 Å². The Balaban J connectivity index is 1.43. The summed E-state index contributed by atoms with van der Waals surface area (Å²) >= 11 is 0. The maximum atomic E-state index is 6.48. The van der Waals surface area contributed by atoms with Crippen molar-refractivity contribution in [2.24, 2.45) is 0 Å². The molecule has 0 aromatic heterocycles. The van der Waals surface area contributed by atoms with Crippen LogP contribution >= 0.6 is 0 Å². The summed E-state index contributed by atoms with van der Waals surface area (Å²) in [7, 11) is 0. The van der Waals surface area contributed by atoms with Crippen molar-refractivity contribution in [2.45, 2.75) is 12.8 Å². The lowest BCUT2D eigenvalue weighted by molar-refractivity contribution is -0.346. The van der Waals surface area contributed by atoms with Crippen molar-refractivity contribution >= 4 is 23.2 Å². The Kier molecular flexibility index (Phi) is 6.26. The summed E-state index contributed by atoms with van der Waals surface area (Å²) in [6.45, 7) is 0. The quantitative estimate of drug-likeness (QED) is 0.369. The molecule has 0 atom stereocenters. The Morgan fingerprint density at radius 3 is 2.06 bits per heavy atom. The van der Waals surface area contributed by atoms with Crippen LogP contribution in [0.4, 0.5) is 5.69 Å². The molecular formula is C31H26NO+. The van der Waals surface area contributed by atoms with Gasteiger partial charge in [-0.1, -0.05) is 97.1 Å². The van der Waals surface area contributed by atoms with E-state index in [1.165, 1.54) is 22.3 Å². The number of para-hydroxylation sites is 1. The highest BCUT2D eigenvalue weighted by Gasteiger charge is 2.28. The number of ether oxygens (including phenoxy) is 1. The van der Waals surface area contributed by atoms with Gasteiger partial charge in [0, 0.05) is 29.3 Å². The monoisotopic (exact) mass is 428 g/mol. The Morgan fingerprint density at radius 1 is 0.667 bits per heavy atom. The van der Waals surface area contributed by atoms with E-state index in [2.05, 4.69) is 77.8 Å². The van der Waals surface area contributed by atoms with Crippen LogP contribution in [0.2, 0.25) is 0 Å². The van der Waals surface area contributed by atoms with Crippen LogP contribution in [0.15, 0.2) is 138 Å². The first-order valence-electron chi connectivity index (χ1n) is 11.3. The van der Waals surface area contributed by atoms with Gasteiger partial charge < -0.3 is 4.74 Å². The number of rotatable bonds is 6. The van der Waals surface area contributed by atoms with Crippen LogP contribution in [0, 0.1) is 0 Å². The largest absolute Gasteiger partial charge is 0.456 e. The Morgan fingerprint density at radius 2 is 1.33 bits per heavy atom. The molecule has 0 unspecified atom stereocenters. The topological polar surface area (TPSA) is 23.2 Å². The predicted octanol–water partition coefficient (Wildman–Crippen LogP) is 6.15. The van der Waals surface area contributed by atoms with E-state index in [0.717, 1.165) is 35.6 Å². The lowest BCUT2D eigenvalue weighted by atomic mass is 9.95. The van der Waals surface area contributed by atoms with Crippen LogP contribution in [0.25, 0.3) is 11.3 Å². The molecule has 1 N–H and O–H groups in total. The average molecular weight is 429 g/mol. The summed E-state index contributed by atoms with van der Waals surface area (Å²) in [4.78, 5) is 3.27. The van der Waals surface area contributed by atoms with Gasteiger partial charge >= 0.3 is 0 Å². The fourth-order valence-corrected chi connectivity index (χ4v) is 4.17. The first kappa shape index (κ1) is 20.7. The zero-order valence-electron chi connectivity index (χ0n) is 18.4. The zero-order valence-corrected chi connectivity index (χ0v) is 18.4. The minimum Gasteiger partial charge on any atom is -0.456 e. The molecule has 0 amide bonds. The minimum atomic E-state index is 0.900. The van der Waals surface area contributed by atoms with Gasteiger partial charge in [0.1, 0.15) is 11.5 Å². The first-order valence-corrected chi connectivity index (χ1v) is 11.3. The van der Waals surface area contributed by atoms with E-state index in [9.17, 15) is 0 Å². The Labute approximate surface area is 195 Å². The minimum absolute atomic E-state index is 0.900. The number of hydrogen-bond acceptors (Lipinski definition) is 1. The average Bonchev–Trinajstić information content (AvgIpc) is 3.30. The summed E-state index contributed by atoms with van der Waals surface area (Å²) in [6, 6.07) is 31.1. The van der Waals surface area contributed by atoms with Crippen molar-refractivity contribution in [3.63, 3.8) is 0 Å². The van der Waals surface area contributed by atoms with E-state index < -0.39 is 0 Å². The highest BCUT2D eigenvalue weighted by atomic mass is 16.5. The van der Waals surface area contributed by atoms with E-state index in [-0.39, 0.29) is 0 Å². The zero-order chi connectivity index (χ0) is 22.3. The fourth-order valence-electron chi connectivity index (χ4n) is 4.17. The van der Waals surface area contributed by atoms with Crippen molar-refractivity contribution in [3.8, 4) is 0 Å². The number of fused-ring (bicyclic) bond motifs is 1. The Hall–Kier alpha value is -4.17. The molecule has 2 aliphatic rings. The summed E-state index contributed by atoms with van der Waals surface area (Å²) in [5.41, 5.74) is 7.19. The van der Waals surface area contributed by atoms with E-state index in [4.69, 9.17) is 4.74 Å².